The summed E-state index contributed by atoms with van der Waals surface area (Å²) in [7, 11) is 1.70. The Labute approximate surface area is 516 Å². The van der Waals surface area contributed by atoms with Crippen molar-refractivity contribution >= 4 is 58.6 Å². The van der Waals surface area contributed by atoms with Gasteiger partial charge in [0.05, 0.1) is 43.2 Å². The maximum Gasteiger partial charge on any atom is 0.251 e. The third-order valence-electron chi connectivity index (χ3n) is 15.6. The molecule has 30 heteroatoms. The molecule has 4 heterocycles. The number of guanidine groups is 1. The maximum absolute atomic E-state index is 14.8. The number of methoxy groups -OCH3 is 1. The first-order chi connectivity index (χ1) is 42.4. The molecule has 3 aliphatic heterocycles. The number of amides is 7. The number of phenolic OH excluding ortho intramolecular Hbond substituents is 2. The van der Waals surface area contributed by atoms with E-state index < -0.39 is 170 Å². The normalized spacial score (nSPS) is 25.0. The van der Waals surface area contributed by atoms with Gasteiger partial charge in [0.25, 0.3) is 5.91 Å². The van der Waals surface area contributed by atoms with Gasteiger partial charge in [-0.25, -0.2) is 0 Å². The number of ether oxygens (including phenoxy) is 2. The lowest BCUT2D eigenvalue weighted by atomic mass is 9.98. The molecule has 89 heavy (non-hydrogen) atoms. The topological polar surface area (TPSA) is 457 Å². The average molecular weight is 1260 g/mol. The van der Waals surface area contributed by atoms with Gasteiger partial charge in [-0.05, 0) is 80.3 Å². The van der Waals surface area contributed by atoms with Crippen molar-refractivity contribution < 1.29 is 83.9 Å². The van der Waals surface area contributed by atoms with Crippen LogP contribution in [0, 0.1) is 5.92 Å². The first kappa shape index (κ1) is 68.4. The molecule has 3 fully saturated rings. The number of unbranched alkanes of at least 4 members (excludes halogenated alkanes) is 4. The van der Waals surface area contributed by atoms with E-state index in [2.05, 4.69) is 41.8 Å². The molecule has 3 aromatic carbocycles. The molecule has 484 valence electrons. The van der Waals surface area contributed by atoms with E-state index in [1.54, 1.807) is 19.2 Å². The number of nitrogens with one attached hydrogen (secondary N) is 5. The number of aliphatic hydroxyl groups is 6. The number of hydrogen-bond donors (Lipinski definition) is 15. The fourth-order valence-electron chi connectivity index (χ4n) is 10.7. The van der Waals surface area contributed by atoms with Crippen molar-refractivity contribution in [3.63, 3.8) is 0 Å². The lowest BCUT2D eigenvalue weighted by molar-refractivity contribution is -0.147. The second kappa shape index (κ2) is 31.9. The van der Waals surface area contributed by atoms with Gasteiger partial charge in [-0.3, -0.25) is 38.6 Å². The molecule has 7 amide bonds. The number of aromatic hydroxyl groups is 2. The smallest absolute Gasteiger partial charge is 0.251 e. The highest BCUT2D eigenvalue weighted by Gasteiger charge is 2.50. The Morgan fingerprint density at radius 2 is 1.35 bits per heavy atom. The van der Waals surface area contributed by atoms with Crippen molar-refractivity contribution in [2.24, 2.45) is 22.4 Å². The lowest BCUT2D eigenvalue weighted by Gasteiger charge is -2.34. The van der Waals surface area contributed by atoms with Gasteiger partial charge in [0.1, 0.15) is 52.0 Å². The molecule has 0 saturated carbocycles. The maximum atomic E-state index is 14.8. The molecule has 4 aromatic rings. The van der Waals surface area contributed by atoms with Crippen molar-refractivity contribution in [3.05, 3.63) is 77.9 Å². The molecule has 0 unspecified atom stereocenters. The van der Waals surface area contributed by atoms with Crippen LogP contribution in [0.5, 0.6) is 17.2 Å². The summed E-state index contributed by atoms with van der Waals surface area (Å²) in [4.78, 5) is 107. The number of phenols is 2. The second-order valence-corrected chi connectivity index (χ2v) is 23.5. The van der Waals surface area contributed by atoms with Crippen LogP contribution in [0.15, 0.2) is 71.7 Å². The van der Waals surface area contributed by atoms with Gasteiger partial charge in [0, 0.05) is 81.8 Å². The van der Waals surface area contributed by atoms with Crippen LogP contribution in [0.3, 0.4) is 0 Å². The number of aromatic nitrogens is 2. The zero-order chi connectivity index (χ0) is 64.6. The van der Waals surface area contributed by atoms with Gasteiger partial charge in [-0.1, -0.05) is 55.7 Å². The molecule has 3 aliphatic rings. The number of fused-ring (bicyclic) bond motifs is 2. The summed E-state index contributed by atoms with van der Waals surface area (Å²) in [6.07, 6.45) is -7.13. The van der Waals surface area contributed by atoms with Crippen molar-refractivity contribution in [3.8, 4) is 38.4 Å². The summed E-state index contributed by atoms with van der Waals surface area (Å²) in [5.41, 5.74) is 12.5. The van der Waals surface area contributed by atoms with Crippen LogP contribution in [0.2, 0.25) is 0 Å². The van der Waals surface area contributed by atoms with Crippen LogP contribution in [0.4, 0.5) is 0 Å². The standard InChI is InChI=1S/C59H80N12O17S/c1-30-28-71-48(49(30)79)54(84)63-27-36(73)25-39(64-50(80)33-10-12-34(13-11-33)55-68-69-56(89-55)35-14-16-38(17-15-35)88-22-8-6-4-5-7-21-87-3)51(81)65-45(31(2)72)57(85)70-29-37(74)26-40(70)52(82)66-46(44(78)24-32-9-18-41(75)43(77)23-32)53(83)67-47(58(71)86)42(76)19-20-62-59(60)61/h9-18,23,30-31,36-37,39-40,42,44-49,72-79H,4-8,19-22,24-29H2,1-3H3,(H,63,84)(H,64,80)(H,65,81)(H,66,82)(H,67,83)(H4,60,61,62)/t30-,31+,36+,37+,39+,40+,42-,44-,45+,46+,47+,48+,49+/m1/s1. The number of benzene rings is 3. The number of carbonyl (C=O) groups excluding carboxylic acids is 7. The number of hydrogen-bond acceptors (Lipinski definition) is 21. The Kier molecular flexibility index (Phi) is 24.5. The van der Waals surface area contributed by atoms with E-state index in [0.717, 1.165) is 78.9 Å². The highest BCUT2D eigenvalue weighted by atomic mass is 32.1. The molecule has 0 spiro atoms. The van der Waals surface area contributed by atoms with Crippen LogP contribution >= 0.6 is 11.3 Å². The number of aliphatic imine (C=N–C) groups is 1. The minimum absolute atomic E-state index is 0.0209. The molecular formula is C59H80N12O17S. The lowest BCUT2D eigenvalue weighted by Crippen LogP contribution is -2.64. The van der Waals surface area contributed by atoms with E-state index in [-0.39, 0.29) is 30.2 Å². The summed E-state index contributed by atoms with van der Waals surface area (Å²) in [5.74, 6) is -9.43. The summed E-state index contributed by atoms with van der Waals surface area (Å²) >= 11 is 1.30. The predicted octanol–water partition coefficient (Wildman–Crippen LogP) is -2.13. The molecule has 1 aromatic heterocycles. The van der Waals surface area contributed by atoms with E-state index in [4.69, 9.17) is 20.9 Å². The quantitative estimate of drug-likeness (QED) is 0.0183. The highest BCUT2D eigenvalue weighted by molar-refractivity contribution is 7.17. The summed E-state index contributed by atoms with van der Waals surface area (Å²) in [6.45, 7) is 2.12. The Bertz CT molecular complexity index is 3120. The van der Waals surface area contributed by atoms with Crippen LogP contribution in [0.25, 0.3) is 21.1 Å². The zero-order valence-corrected chi connectivity index (χ0v) is 50.3. The third-order valence-corrected chi connectivity index (χ3v) is 16.7. The molecule has 7 rings (SSSR count). The summed E-state index contributed by atoms with van der Waals surface area (Å²) in [5, 5.41) is 111. The Balaban J connectivity index is 1.15. The number of nitrogens with zero attached hydrogens (tertiary/aromatic N) is 5. The zero-order valence-electron chi connectivity index (χ0n) is 49.5. The molecule has 13 atom stereocenters. The van der Waals surface area contributed by atoms with E-state index in [0.29, 0.717) is 22.2 Å². The van der Waals surface area contributed by atoms with E-state index in [1.807, 2.05) is 24.3 Å². The predicted molar refractivity (Wildman–Crippen MR) is 321 cm³/mol. The number of aliphatic hydroxyl groups excluding tert-OH is 6. The molecule has 3 saturated heterocycles. The molecule has 0 radical (unpaired) electrons. The van der Waals surface area contributed by atoms with Crippen molar-refractivity contribution in [2.75, 3.05) is 46.5 Å². The Morgan fingerprint density at radius 3 is 1.99 bits per heavy atom. The Hall–Kier alpha value is -8.10. The first-order valence-electron chi connectivity index (χ1n) is 29.4. The summed E-state index contributed by atoms with van der Waals surface area (Å²) < 4.78 is 11.0. The van der Waals surface area contributed by atoms with E-state index >= 15 is 0 Å². The Morgan fingerprint density at radius 1 is 0.730 bits per heavy atom. The largest absolute Gasteiger partial charge is 0.504 e. The van der Waals surface area contributed by atoms with E-state index in [1.165, 1.54) is 36.5 Å². The number of rotatable bonds is 21. The summed E-state index contributed by atoms with van der Waals surface area (Å²) in [6, 6.07) is 5.80. The van der Waals surface area contributed by atoms with Crippen molar-refractivity contribution in [1.29, 1.82) is 0 Å². The molecule has 0 aliphatic carbocycles. The molecule has 17 N–H and O–H groups in total. The van der Waals surface area contributed by atoms with Gasteiger partial charge in [-0.15, -0.1) is 10.2 Å². The minimum atomic E-state index is -2.10. The van der Waals surface area contributed by atoms with Crippen LogP contribution in [0.1, 0.15) is 81.1 Å². The second-order valence-electron chi connectivity index (χ2n) is 22.5. The average Bonchev–Trinajstić information content (AvgIpc) is 4.25. The van der Waals surface area contributed by atoms with Gasteiger partial charge in [0.2, 0.25) is 35.4 Å². The van der Waals surface area contributed by atoms with Gasteiger partial charge >= 0.3 is 0 Å². The van der Waals surface area contributed by atoms with Gasteiger partial charge < -0.3 is 98.2 Å². The first-order valence-corrected chi connectivity index (χ1v) is 30.2. The van der Waals surface area contributed by atoms with Gasteiger partial charge in [-0.2, -0.15) is 0 Å². The SMILES string of the molecule is COCCCCCCCOc1ccc(-c2nnc(-c3ccc(C(=O)N[C@H]4C[C@H](O)CNC(=O)[C@@H]5[C@@H](O)[C@H](C)CN5C(=O)[C@H]([C@H](O)CCN=C(N)N)NC(=O)[C@H]([C@H](O)Cc5ccc(O)c(O)c5)NC(=O)[C@@H]5C[C@H](O)CN5C(=O)[C@H]([C@H](C)O)NC4=O)cc3)s2)cc1. The number of nitrogens with two attached hydrogens (primary N) is 2. The van der Waals surface area contributed by atoms with Crippen molar-refractivity contribution in [2.45, 2.75) is 145 Å². The molecular weight excluding hydrogens is 1180 g/mol. The fourth-order valence-corrected chi connectivity index (χ4v) is 11.5. The van der Waals surface area contributed by atoms with Crippen LogP contribution < -0.4 is 42.8 Å². The molecule has 29 nitrogen and oxygen atoms in total. The third kappa shape index (κ3) is 18.3. The monoisotopic (exact) mass is 1260 g/mol. The minimum Gasteiger partial charge on any atom is -0.504 e. The number of β-amino-alcohol motifs (C(OH)–C–C–N with tert-alkyl or cyclic N) is 1. The molecule has 0 bridgehead atoms. The number of carbonyl (C=O) groups is 7. The fraction of sp³-hybridized carbons (Fsp3) is 0.525. The van der Waals surface area contributed by atoms with Crippen molar-refractivity contribution in [1.82, 2.24) is 46.6 Å². The highest BCUT2D eigenvalue weighted by Crippen LogP contribution is 2.32. The van der Waals surface area contributed by atoms with E-state index in [9.17, 15) is 74.4 Å². The van der Waals surface area contributed by atoms with Crippen LogP contribution in [-0.4, -0.2) is 228 Å². The van der Waals surface area contributed by atoms with Gasteiger partial charge in [0.15, 0.2) is 17.5 Å². The van der Waals surface area contributed by atoms with Crippen LogP contribution in [-0.2, 0) is 39.9 Å².